The topological polar surface area (TPSA) is 259 Å². The van der Waals surface area contributed by atoms with Gasteiger partial charge in [-0.1, -0.05) is 53.2 Å². The van der Waals surface area contributed by atoms with Crippen LogP contribution in [0.1, 0.15) is 100 Å². The van der Waals surface area contributed by atoms with E-state index in [2.05, 4.69) is 40.7 Å². The van der Waals surface area contributed by atoms with Crippen LogP contribution in [0.15, 0.2) is 11.6 Å². The molecule has 11 N–H and O–H groups in total. The number of ether oxygens (including phenoxy) is 4. The molecule has 3 saturated carbocycles. The quantitative estimate of drug-likeness (QED) is 0.124. The van der Waals surface area contributed by atoms with Gasteiger partial charge in [-0.15, -0.1) is 0 Å². The van der Waals surface area contributed by atoms with E-state index < -0.39 is 110 Å². The molecule has 0 aromatic heterocycles. The van der Waals surface area contributed by atoms with Crippen molar-refractivity contribution >= 4 is 0 Å². The standard InChI is InChI=1S/C42H72O15/c1-19(27(44)32(49)35(52)39(4,5)53)20-13-14-42(8)25-11-9-21-22(40(25,6)15-16-41(20,42)7)10-12-26(38(21,2)3)57-37-34(51)31(48)29(46)24(56-37)18-54-36-33(50)30(47)28(45)23(17-43)55-36/h9,19-20,22-37,43-53H,10-18H2,1-8H3/t19-,20+,22-,23+,24+,25+,26?,27?,28-,29-,30-,31-,32?,33+,34+,35?,36+,37-,40+,41+,42-/m0/s1. The Morgan fingerprint density at radius 3 is 1.96 bits per heavy atom. The predicted octanol–water partition coefficient (Wildman–Crippen LogP) is 0.0906. The summed E-state index contributed by atoms with van der Waals surface area (Å²) in [6.07, 6.45) is -11.0. The highest BCUT2D eigenvalue weighted by atomic mass is 16.7. The summed E-state index contributed by atoms with van der Waals surface area (Å²) in [5, 5.41) is 116. The molecule has 330 valence electrons. The molecule has 2 heterocycles. The average Bonchev–Trinajstić information content (AvgIpc) is 3.43. The summed E-state index contributed by atoms with van der Waals surface area (Å²) in [7, 11) is 0. The molecule has 2 aliphatic heterocycles. The van der Waals surface area contributed by atoms with Crippen molar-refractivity contribution in [2.75, 3.05) is 13.2 Å². The lowest BCUT2D eigenvalue weighted by Crippen LogP contribution is -2.63. The van der Waals surface area contributed by atoms with Crippen molar-refractivity contribution in [3.05, 3.63) is 11.6 Å². The third-order valence-electron chi connectivity index (χ3n) is 16.7. The average molecular weight is 817 g/mol. The van der Waals surface area contributed by atoms with Gasteiger partial charge in [0.15, 0.2) is 12.6 Å². The molecule has 0 aromatic rings. The summed E-state index contributed by atoms with van der Waals surface area (Å²) in [5.74, 6) is 0.434. The van der Waals surface area contributed by atoms with E-state index in [1.54, 1.807) is 0 Å². The molecule has 0 radical (unpaired) electrons. The molecule has 15 nitrogen and oxygen atoms in total. The van der Waals surface area contributed by atoms with E-state index in [1.807, 2.05) is 6.92 Å². The molecule has 0 spiro atoms. The van der Waals surface area contributed by atoms with Crippen LogP contribution in [0.2, 0.25) is 0 Å². The van der Waals surface area contributed by atoms with Gasteiger partial charge in [0.25, 0.3) is 0 Å². The van der Waals surface area contributed by atoms with Crippen LogP contribution in [-0.4, -0.2) is 161 Å². The van der Waals surface area contributed by atoms with Gasteiger partial charge >= 0.3 is 0 Å². The van der Waals surface area contributed by atoms with Crippen molar-refractivity contribution < 1.29 is 75.1 Å². The highest BCUT2D eigenvalue weighted by Gasteiger charge is 2.68. The second-order valence-electron chi connectivity index (χ2n) is 20.4. The number of hydrogen-bond donors (Lipinski definition) is 11. The molecule has 5 fully saturated rings. The van der Waals surface area contributed by atoms with Gasteiger partial charge in [0.1, 0.15) is 61.0 Å². The van der Waals surface area contributed by atoms with Crippen molar-refractivity contribution in [3.8, 4) is 0 Å². The molecular weight excluding hydrogens is 744 g/mol. The van der Waals surface area contributed by atoms with Gasteiger partial charge in [-0.05, 0) is 98.7 Å². The monoisotopic (exact) mass is 816 g/mol. The zero-order valence-corrected chi connectivity index (χ0v) is 34.9. The Bertz CT molecular complexity index is 1440. The Balaban J connectivity index is 1.15. The Kier molecular flexibility index (Phi) is 12.9. The molecule has 0 amide bonds. The normalized spacial score (nSPS) is 49.5. The van der Waals surface area contributed by atoms with Gasteiger partial charge in [-0.25, -0.2) is 0 Å². The van der Waals surface area contributed by atoms with Crippen molar-refractivity contribution in [3.63, 3.8) is 0 Å². The Hall–Kier alpha value is -0.860. The first-order chi connectivity index (χ1) is 26.4. The molecule has 2 saturated heterocycles. The number of rotatable bonds is 11. The zero-order chi connectivity index (χ0) is 42.4. The van der Waals surface area contributed by atoms with E-state index in [1.165, 1.54) is 19.4 Å². The fraction of sp³-hybridized carbons (Fsp3) is 0.952. The van der Waals surface area contributed by atoms with E-state index in [-0.39, 0.29) is 34.0 Å². The van der Waals surface area contributed by atoms with E-state index >= 15 is 0 Å². The first kappa shape index (κ1) is 45.7. The molecule has 6 aliphatic rings. The summed E-state index contributed by atoms with van der Waals surface area (Å²) < 4.78 is 23.6. The van der Waals surface area contributed by atoms with Gasteiger partial charge in [-0.2, -0.15) is 0 Å². The first-order valence-corrected chi connectivity index (χ1v) is 21.1. The third kappa shape index (κ3) is 7.49. The molecule has 21 atom stereocenters. The second-order valence-corrected chi connectivity index (χ2v) is 20.4. The maximum atomic E-state index is 11.4. The van der Waals surface area contributed by atoms with Crippen LogP contribution in [-0.2, 0) is 18.9 Å². The van der Waals surface area contributed by atoms with Crippen LogP contribution in [0.25, 0.3) is 0 Å². The van der Waals surface area contributed by atoms with Gasteiger partial charge in [-0.3, -0.25) is 0 Å². The number of hydrogen-bond acceptors (Lipinski definition) is 15. The Morgan fingerprint density at radius 1 is 0.754 bits per heavy atom. The number of allylic oxidation sites excluding steroid dienone is 1. The second kappa shape index (κ2) is 16.1. The summed E-state index contributed by atoms with van der Waals surface area (Å²) in [5.41, 5.74) is -0.959. The highest BCUT2D eigenvalue weighted by Crippen LogP contribution is 2.75. The van der Waals surface area contributed by atoms with E-state index in [9.17, 15) is 56.2 Å². The summed E-state index contributed by atoms with van der Waals surface area (Å²) in [6, 6.07) is 0. The van der Waals surface area contributed by atoms with Crippen LogP contribution in [0.4, 0.5) is 0 Å². The fourth-order valence-corrected chi connectivity index (χ4v) is 12.7. The van der Waals surface area contributed by atoms with Crippen molar-refractivity contribution in [1.82, 2.24) is 0 Å². The van der Waals surface area contributed by atoms with Gasteiger partial charge in [0.2, 0.25) is 0 Å². The lowest BCUT2D eigenvalue weighted by molar-refractivity contribution is -0.340. The number of aliphatic hydroxyl groups excluding tert-OH is 10. The molecule has 4 unspecified atom stereocenters. The van der Waals surface area contributed by atoms with Crippen molar-refractivity contribution in [2.45, 2.75) is 192 Å². The molecule has 0 bridgehead atoms. The fourth-order valence-electron chi connectivity index (χ4n) is 12.7. The SMILES string of the molecule is C[C@H](C(O)C(O)C(O)C(C)(C)O)[C@H]1CC[C@@]2(C)[C@@H]3CC=C4[C@H](CCC(O[C@@H]5O[C@H](CO[C@@H]6O[C@H](CO)[C@H](O)[C@H](O)[C@H]6O)[C@H](O)[C@H](O)[C@H]5O)C4(C)C)[C@@]3(C)CC[C@]12C. The number of fused-ring (bicyclic) bond motifs is 5. The van der Waals surface area contributed by atoms with Crippen LogP contribution < -0.4 is 0 Å². The summed E-state index contributed by atoms with van der Waals surface area (Å²) in [6.45, 7) is 15.2. The third-order valence-corrected chi connectivity index (χ3v) is 16.7. The lowest BCUT2D eigenvalue weighted by Gasteiger charge is -2.66. The maximum absolute atomic E-state index is 11.4. The molecule has 4 aliphatic carbocycles. The van der Waals surface area contributed by atoms with Crippen LogP contribution in [0.5, 0.6) is 0 Å². The molecule has 6 rings (SSSR count). The number of aliphatic hydroxyl groups is 11. The largest absolute Gasteiger partial charge is 0.394 e. The van der Waals surface area contributed by atoms with E-state index in [0.717, 1.165) is 38.5 Å². The first-order valence-electron chi connectivity index (χ1n) is 21.1. The maximum Gasteiger partial charge on any atom is 0.187 e. The molecule has 15 heteroatoms. The van der Waals surface area contributed by atoms with Crippen LogP contribution in [0.3, 0.4) is 0 Å². The van der Waals surface area contributed by atoms with E-state index in [4.69, 9.17) is 18.9 Å². The van der Waals surface area contributed by atoms with Gasteiger partial charge in [0.05, 0.1) is 31.0 Å². The minimum atomic E-state index is -1.67. The molecule has 57 heavy (non-hydrogen) atoms. The van der Waals surface area contributed by atoms with Crippen LogP contribution >= 0.6 is 0 Å². The molecular formula is C42H72O15. The predicted molar refractivity (Wildman–Crippen MR) is 204 cm³/mol. The minimum absolute atomic E-state index is 0.0258. The van der Waals surface area contributed by atoms with Gasteiger partial charge < -0.3 is 75.1 Å². The van der Waals surface area contributed by atoms with Crippen molar-refractivity contribution in [2.24, 2.45) is 45.3 Å². The van der Waals surface area contributed by atoms with E-state index in [0.29, 0.717) is 12.3 Å². The Labute approximate surface area is 336 Å². The summed E-state index contributed by atoms with van der Waals surface area (Å²) >= 11 is 0. The highest BCUT2D eigenvalue weighted by molar-refractivity contribution is 5.30. The van der Waals surface area contributed by atoms with Crippen LogP contribution in [0, 0.1) is 45.3 Å². The summed E-state index contributed by atoms with van der Waals surface area (Å²) in [4.78, 5) is 0. The molecule has 0 aromatic carbocycles. The minimum Gasteiger partial charge on any atom is -0.394 e. The Morgan fingerprint density at radius 2 is 1.35 bits per heavy atom. The van der Waals surface area contributed by atoms with Gasteiger partial charge in [0, 0.05) is 5.41 Å². The zero-order valence-electron chi connectivity index (χ0n) is 34.9. The van der Waals surface area contributed by atoms with Crippen molar-refractivity contribution in [1.29, 1.82) is 0 Å². The smallest absolute Gasteiger partial charge is 0.187 e. The lowest BCUT2D eigenvalue weighted by atomic mass is 9.39.